The molecule has 2 fully saturated rings. The van der Waals surface area contributed by atoms with Crippen molar-refractivity contribution in [2.75, 3.05) is 11.9 Å². The van der Waals surface area contributed by atoms with Gasteiger partial charge in [0, 0.05) is 31.2 Å². The van der Waals surface area contributed by atoms with Gasteiger partial charge in [0.2, 0.25) is 0 Å². The molecule has 0 saturated heterocycles. The van der Waals surface area contributed by atoms with Crippen LogP contribution < -0.4 is 10.1 Å². The van der Waals surface area contributed by atoms with E-state index >= 15 is 0 Å². The molecule has 2 aromatic heterocycles. The van der Waals surface area contributed by atoms with Gasteiger partial charge in [-0.25, -0.2) is 4.98 Å². The predicted octanol–water partition coefficient (Wildman–Crippen LogP) is 2.32. The van der Waals surface area contributed by atoms with Crippen molar-refractivity contribution in [1.82, 2.24) is 14.8 Å². The molecule has 1 unspecified atom stereocenters. The largest absolute Gasteiger partial charge is 0.493 e. The quantitative estimate of drug-likeness (QED) is 0.816. The Morgan fingerprint density at radius 3 is 2.96 bits per heavy atom. The number of ether oxygens (including phenoxy) is 1. The third-order valence-corrected chi connectivity index (χ3v) is 4.88. The minimum atomic E-state index is -0.358. The summed E-state index contributed by atoms with van der Waals surface area (Å²) in [4.78, 5) is 4.36. The summed E-state index contributed by atoms with van der Waals surface area (Å²) in [5.41, 5.74) is 0. The number of nitrogens with one attached hydrogen (secondary N) is 1. The fourth-order valence-electron chi connectivity index (χ4n) is 3.36. The zero-order valence-electron chi connectivity index (χ0n) is 13.7. The number of aromatic nitrogens is 3. The van der Waals surface area contributed by atoms with Gasteiger partial charge < -0.3 is 15.2 Å². The van der Waals surface area contributed by atoms with Crippen molar-refractivity contribution < 1.29 is 9.84 Å². The molecule has 0 amide bonds. The van der Waals surface area contributed by atoms with Crippen LogP contribution in [0.25, 0.3) is 0 Å². The van der Waals surface area contributed by atoms with Crippen molar-refractivity contribution in [3.63, 3.8) is 0 Å². The van der Waals surface area contributed by atoms with Crippen LogP contribution in [0.3, 0.4) is 0 Å². The first kappa shape index (κ1) is 15.4. The number of aliphatic hydroxyl groups excluding tert-OH is 1. The summed E-state index contributed by atoms with van der Waals surface area (Å²) in [7, 11) is 0. The lowest BCUT2D eigenvalue weighted by molar-refractivity contribution is 0.166. The van der Waals surface area contributed by atoms with Gasteiger partial charge in [-0.05, 0) is 49.7 Å². The summed E-state index contributed by atoms with van der Waals surface area (Å²) in [5, 5.41) is 18.0. The average Bonchev–Trinajstić information content (AvgIpc) is 3.16. The minimum absolute atomic E-state index is 0.0248. The van der Waals surface area contributed by atoms with Crippen LogP contribution in [0.2, 0.25) is 0 Å². The Labute approximate surface area is 141 Å². The zero-order chi connectivity index (χ0) is 16.4. The lowest BCUT2D eigenvalue weighted by Crippen LogP contribution is -2.28. The van der Waals surface area contributed by atoms with E-state index in [9.17, 15) is 5.11 Å². The van der Waals surface area contributed by atoms with Gasteiger partial charge in [-0.3, -0.25) is 4.68 Å². The van der Waals surface area contributed by atoms with Crippen molar-refractivity contribution in [3.05, 3.63) is 36.8 Å². The number of anilines is 1. The zero-order valence-corrected chi connectivity index (χ0v) is 13.7. The van der Waals surface area contributed by atoms with E-state index in [1.165, 1.54) is 12.8 Å². The van der Waals surface area contributed by atoms with Gasteiger partial charge in [0.25, 0.3) is 0 Å². The number of rotatable bonds is 7. The summed E-state index contributed by atoms with van der Waals surface area (Å²) in [6.07, 6.45) is 9.42. The van der Waals surface area contributed by atoms with Gasteiger partial charge in [0.15, 0.2) is 0 Å². The molecule has 4 rings (SSSR count). The molecule has 6 heteroatoms. The van der Waals surface area contributed by atoms with E-state index in [1.54, 1.807) is 12.4 Å². The summed E-state index contributed by atoms with van der Waals surface area (Å²) in [5.74, 6) is 2.77. The fraction of sp³-hybridized carbons (Fsp3) is 0.556. The van der Waals surface area contributed by atoms with Crippen LogP contribution in [0.5, 0.6) is 5.75 Å². The third kappa shape index (κ3) is 3.87. The average molecular weight is 328 g/mol. The molecule has 0 spiro atoms. The topological polar surface area (TPSA) is 72.2 Å². The van der Waals surface area contributed by atoms with Crippen LogP contribution in [0.1, 0.15) is 25.7 Å². The van der Waals surface area contributed by atoms with Gasteiger partial charge in [0.05, 0.1) is 18.8 Å². The molecule has 2 saturated carbocycles. The number of nitrogens with zero attached hydrogens (tertiary/aromatic N) is 3. The minimum Gasteiger partial charge on any atom is -0.493 e. The SMILES string of the molecule is O[C@@H]1CC(Cn2cccn2)C[C@H]1Nc1cc(OCC2CC2)ccn1. The lowest BCUT2D eigenvalue weighted by Gasteiger charge is -2.17. The molecule has 2 aromatic rings. The maximum Gasteiger partial charge on any atom is 0.129 e. The molecular weight excluding hydrogens is 304 g/mol. The number of pyridine rings is 1. The van der Waals surface area contributed by atoms with E-state index < -0.39 is 0 Å². The molecule has 6 nitrogen and oxygen atoms in total. The molecule has 2 heterocycles. The van der Waals surface area contributed by atoms with E-state index in [0.29, 0.717) is 5.92 Å². The molecule has 0 aliphatic heterocycles. The molecule has 24 heavy (non-hydrogen) atoms. The number of aliphatic hydroxyl groups is 1. The van der Waals surface area contributed by atoms with Crippen LogP contribution in [0.4, 0.5) is 5.82 Å². The first-order valence-corrected chi connectivity index (χ1v) is 8.77. The van der Waals surface area contributed by atoms with Gasteiger partial charge in [-0.1, -0.05) is 0 Å². The first-order valence-electron chi connectivity index (χ1n) is 8.77. The smallest absolute Gasteiger partial charge is 0.129 e. The molecule has 0 bridgehead atoms. The number of hydrogen-bond acceptors (Lipinski definition) is 5. The molecule has 2 aliphatic carbocycles. The second kappa shape index (κ2) is 6.81. The molecule has 2 N–H and O–H groups in total. The van der Waals surface area contributed by atoms with E-state index in [4.69, 9.17) is 4.74 Å². The fourth-order valence-corrected chi connectivity index (χ4v) is 3.36. The van der Waals surface area contributed by atoms with Gasteiger partial charge in [-0.15, -0.1) is 0 Å². The van der Waals surface area contributed by atoms with Crippen molar-refractivity contribution in [2.24, 2.45) is 11.8 Å². The number of hydrogen-bond donors (Lipinski definition) is 2. The van der Waals surface area contributed by atoms with Gasteiger partial charge in [-0.2, -0.15) is 5.10 Å². The summed E-state index contributed by atoms with van der Waals surface area (Å²) < 4.78 is 7.73. The lowest BCUT2D eigenvalue weighted by atomic mass is 10.1. The van der Waals surface area contributed by atoms with Crippen LogP contribution in [-0.4, -0.2) is 38.6 Å². The van der Waals surface area contributed by atoms with Gasteiger partial charge >= 0.3 is 0 Å². The van der Waals surface area contributed by atoms with Crippen LogP contribution in [-0.2, 0) is 6.54 Å². The van der Waals surface area contributed by atoms with E-state index in [0.717, 1.165) is 43.5 Å². The maximum absolute atomic E-state index is 10.4. The van der Waals surface area contributed by atoms with Crippen LogP contribution in [0, 0.1) is 11.8 Å². The molecular formula is C18H24N4O2. The predicted molar refractivity (Wildman–Crippen MR) is 90.8 cm³/mol. The summed E-state index contributed by atoms with van der Waals surface area (Å²) in [6.45, 7) is 1.64. The Morgan fingerprint density at radius 2 is 2.17 bits per heavy atom. The van der Waals surface area contributed by atoms with E-state index in [2.05, 4.69) is 15.4 Å². The van der Waals surface area contributed by atoms with Crippen molar-refractivity contribution in [2.45, 2.75) is 44.4 Å². The third-order valence-electron chi connectivity index (χ3n) is 4.88. The monoisotopic (exact) mass is 328 g/mol. The second-order valence-electron chi connectivity index (χ2n) is 7.01. The second-order valence-corrected chi connectivity index (χ2v) is 7.01. The Morgan fingerprint density at radius 1 is 1.25 bits per heavy atom. The van der Waals surface area contributed by atoms with Gasteiger partial charge in [0.1, 0.15) is 11.6 Å². The highest BCUT2D eigenvalue weighted by atomic mass is 16.5. The van der Waals surface area contributed by atoms with Crippen molar-refractivity contribution in [3.8, 4) is 5.75 Å². The van der Waals surface area contributed by atoms with Crippen LogP contribution >= 0.6 is 0 Å². The van der Waals surface area contributed by atoms with Crippen molar-refractivity contribution >= 4 is 5.82 Å². The standard InChI is InChI=1S/C18H24N4O2/c23-17-9-14(11-22-7-1-5-20-22)8-16(17)21-18-10-15(4-6-19-18)24-12-13-2-3-13/h1,4-7,10,13-14,16-17,23H,2-3,8-9,11-12H2,(H,19,21)/t14?,16-,17-/m1/s1. The molecule has 128 valence electrons. The van der Waals surface area contributed by atoms with E-state index in [-0.39, 0.29) is 12.1 Å². The summed E-state index contributed by atoms with van der Waals surface area (Å²) >= 11 is 0. The highest BCUT2D eigenvalue weighted by Crippen LogP contribution is 2.31. The van der Waals surface area contributed by atoms with Crippen molar-refractivity contribution in [1.29, 1.82) is 0 Å². The Bertz CT molecular complexity index is 657. The van der Waals surface area contributed by atoms with Crippen LogP contribution in [0.15, 0.2) is 36.8 Å². The Balaban J connectivity index is 1.33. The Kier molecular flexibility index (Phi) is 4.38. The van der Waals surface area contributed by atoms with E-state index in [1.807, 2.05) is 29.1 Å². The first-order chi connectivity index (χ1) is 11.8. The Hall–Kier alpha value is -2.08. The molecule has 0 aromatic carbocycles. The highest BCUT2D eigenvalue weighted by molar-refractivity contribution is 5.42. The molecule has 3 atom stereocenters. The highest BCUT2D eigenvalue weighted by Gasteiger charge is 2.33. The molecule has 0 radical (unpaired) electrons. The summed E-state index contributed by atoms with van der Waals surface area (Å²) in [6, 6.07) is 5.77. The maximum atomic E-state index is 10.4. The molecule has 2 aliphatic rings. The normalized spacial score (nSPS) is 26.5.